The minimum absolute atomic E-state index is 0.0619. The Hall–Kier alpha value is -6.89. The van der Waals surface area contributed by atoms with Gasteiger partial charge in [-0.2, -0.15) is 0 Å². The molecule has 0 bridgehead atoms. The van der Waals surface area contributed by atoms with E-state index in [0.717, 1.165) is 57.7 Å². The summed E-state index contributed by atoms with van der Waals surface area (Å²) in [4.78, 5) is 14.6. The summed E-state index contributed by atoms with van der Waals surface area (Å²) in [6, 6.07) is 56.5. The van der Waals surface area contributed by atoms with Crippen LogP contribution in [0, 0.1) is 0 Å². The average molecular weight is 867 g/mol. The van der Waals surface area contributed by atoms with Gasteiger partial charge < -0.3 is 34.7 Å². The topological polar surface area (TPSA) is 125 Å². The lowest BCUT2D eigenvalue weighted by atomic mass is 9.77. The summed E-state index contributed by atoms with van der Waals surface area (Å²) in [6.07, 6.45) is 2.81. The Bertz CT molecular complexity index is 2660. The van der Waals surface area contributed by atoms with Crippen molar-refractivity contribution in [2.75, 3.05) is 32.7 Å². The van der Waals surface area contributed by atoms with Crippen molar-refractivity contribution < 1.29 is 24.1 Å². The first kappa shape index (κ1) is 43.4. The van der Waals surface area contributed by atoms with Crippen LogP contribution in [0.3, 0.4) is 0 Å². The van der Waals surface area contributed by atoms with Gasteiger partial charge in [0.2, 0.25) is 0 Å². The van der Waals surface area contributed by atoms with Gasteiger partial charge in [-0.05, 0) is 70.6 Å². The largest absolute Gasteiger partial charge is 0.497 e. The molecule has 0 amide bonds. The number of hydrogen-bond donors (Lipinski definition) is 3. The molecule has 6 aromatic carbocycles. The summed E-state index contributed by atoms with van der Waals surface area (Å²) in [5.74, 6) is 2.02. The van der Waals surface area contributed by atoms with Crippen LogP contribution >= 0.6 is 0 Å². The first-order valence-corrected chi connectivity index (χ1v) is 22.2. The number of methoxy groups -OCH3 is 2. The number of fused-ring (bicyclic) bond motifs is 1. The first-order valence-electron chi connectivity index (χ1n) is 22.2. The molecule has 1 aliphatic rings. The fourth-order valence-electron chi connectivity index (χ4n) is 9.16. The van der Waals surface area contributed by atoms with Crippen molar-refractivity contribution in [2.24, 2.45) is 0 Å². The number of nitrogens with zero attached hydrogens (tertiary/aromatic N) is 4. The van der Waals surface area contributed by atoms with E-state index in [1.54, 1.807) is 26.9 Å². The van der Waals surface area contributed by atoms with Crippen LogP contribution in [-0.2, 0) is 20.6 Å². The number of rotatable bonds is 18. The number of aromatic nitrogens is 4. The third-order valence-electron chi connectivity index (χ3n) is 12.5. The number of aliphatic hydroxyl groups is 1. The van der Waals surface area contributed by atoms with E-state index in [1.807, 2.05) is 114 Å². The van der Waals surface area contributed by atoms with Gasteiger partial charge in [-0.25, -0.2) is 15.0 Å². The van der Waals surface area contributed by atoms with Gasteiger partial charge in [0.15, 0.2) is 23.2 Å². The number of aliphatic hydroxyl groups excluding tert-OH is 1. The number of nitrogens with one attached hydrogen (secondary N) is 2. The fraction of sp³-hybridized carbons (Fsp3) is 0.241. The highest BCUT2D eigenvalue weighted by Gasteiger charge is 2.48. The van der Waals surface area contributed by atoms with Gasteiger partial charge in [-0.1, -0.05) is 159 Å². The van der Waals surface area contributed by atoms with E-state index in [0.29, 0.717) is 23.5 Å². The van der Waals surface area contributed by atoms with Gasteiger partial charge >= 0.3 is 0 Å². The van der Waals surface area contributed by atoms with Crippen LogP contribution in [-0.4, -0.2) is 70.2 Å². The second-order valence-electron chi connectivity index (χ2n) is 16.2. The van der Waals surface area contributed by atoms with E-state index in [4.69, 9.17) is 33.9 Å². The Labute approximate surface area is 380 Å². The summed E-state index contributed by atoms with van der Waals surface area (Å²) in [6.45, 7) is 2.89. The molecule has 0 spiro atoms. The van der Waals surface area contributed by atoms with Gasteiger partial charge in [0, 0.05) is 0 Å². The van der Waals surface area contributed by atoms with Crippen molar-refractivity contribution in [1.29, 1.82) is 0 Å². The number of ether oxygens (including phenoxy) is 4. The SMILES string of the molecule is CCCCN[C@@H]1[C@@H](O)[C@@H](COC(c2ccccc2)(c2ccccc2)c2ccc(OC)cc2)O[C@H]1n1cnc2c(NC(c3ccccc3)(c3ccccc3)c3ccc(OC)cc3)ncnc21. The molecular weight excluding hydrogens is 813 g/mol. The average Bonchev–Trinajstić information content (AvgIpc) is 3.95. The molecule has 0 unspecified atom stereocenters. The predicted octanol–water partition coefficient (Wildman–Crippen LogP) is 9.27. The smallest absolute Gasteiger partial charge is 0.167 e. The lowest BCUT2D eigenvalue weighted by molar-refractivity contribution is -0.0932. The second kappa shape index (κ2) is 19.5. The zero-order chi connectivity index (χ0) is 44.6. The number of benzene rings is 6. The molecule has 1 saturated heterocycles. The van der Waals surface area contributed by atoms with Crippen LogP contribution in [0.25, 0.3) is 11.2 Å². The standard InChI is InChI=1S/C54H54N6O5/c1-4-5-34-55-47-49(61)46(35-64-54(41-22-14-8-15-23-41,42-24-16-9-17-25-42)43-28-32-45(63-3)33-29-43)65-52(47)60-37-58-48-50(56-36-57-51(48)60)59-53(38-18-10-6-11-19-38,39-20-12-7-13-21-39)40-26-30-44(62-2)31-27-40/h6-33,36-37,46-47,49,52,55,61H,4-5,34-35H2,1-3H3,(H,56,57,59)/t46-,47-,49+,52-/m1/s1. The minimum atomic E-state index is -1.05. The molecule has 3 heterocycles. The quantitative estimate of drug-likeness (QED) is 0.0568. The molecule has 1 aliphatic heterocycles. The maximum absolute atomic E-state index is 12.3. The molecule has 9 rings (SSSR count). The Kier molecular flexibility index (Phi) is 13.0. The molecule has 0 radical (unpaired) electrons. The van der Waals surface area contributed by atoms with E-state index in [1.165, 1.54) is 0 Å². The molecule has 4 atom stereocenters. The van der Waals surface area contributed by atoms with Crippen molar-refractivity contribution in [3.05, 3.63) is 216 Å². The van der Waals surface area contributed by atoms with Crippen molar-refractivity contribution in [3.63, 3.8) is 0 Å². The summed E-state index contributed by atoms with van der Waals surface area (Å²) in [5.41, 5.74) is 4.91. The van der Waals surface area contributed by atoms with Crippen LogP contribution in [0.1, 0.15) is 59.4 Å². The van der Waals surface area contributed by atoms with E-state index in [2.05, 4.69) is 78.2 Å². The molecule has 1 fully saturated rings. The lowest BCUT2D eigenvalue weighted by Gasteiger charge is -2.37. The molecule has 11 heteroatoms. The number of imidazole rings is 1. The Morgan fingerprint density at radius 1 is 0.631 bits per heavy atom. The second-order valence-corrected chi connectivity index (χ2v) is 16.2. The molecule has 330 valence electrons. The molecular formula is C54H54N6O5. The number of anilines is 1. The lowest BCUT2D eigenvalue weighted by Crippen LogP contribution is -2.45. The maximum Gasteiger partial charge on any atom is 0.167 e. The number of hydrogen-bond acceptors (Lipinski definition) is 10. The van der Waals surface area contributed by atoms with E-state index < -0.39 is 35.6 Å². The van der Waals surface area contributed by atoms with Crippen LogP contribution in [0.5, 0.6) is 11.5 Å². The molecule has 2 aromatic heterocycles. The van der Waals surface area contributed by atoms with Crippen molar-refractivity contribution in [2.45, 2.75) is 55.4 Å². The van der Waals surface area contributed by atoms with Crippen molar-refractivity contribution in [3.8, 4) is 11.5 Å². The van der Waals surface area contributed by atoms with Crippen LogP contribution < -0.4 is 20.1 Å². The zero-order valence-corrected chi connectivity index (χ0v) is 36.8. The van der Waals surface area contributed by atoms with Crippen LogP contribution in [0.15, 0.2) is 183 Å². The van der Waals surface area contributed by atoms with Gasteiger partial charge in [0.25, 0.3) is 0 Å². The molecule has 65 heavy (non-hydrogen) atoms. The zero-order valence-electron chi connectivity index (χ0n) is 36.8. The van der Waals surface area contributed by atoms with Crippen LogP contribution in [0.4, 0.5) is 5.82 Å². The van der Waals surface area contributed by atoms with Gasteiger partial charge in [-0.15, -0.1) is 0 Å². The van der Waals surface area contributed by atoms with Gasteiger partial charge in [0.05, 0.1) is 33.2 Å². The highest BCUT2D eigenvalue weighted by molar-refractivity contribution is 5.84. The van der Waals surface area contributed by atoms with Gasteiger partial charge in [-0.3, -0.25) is 4.57 Å². The molecule has 11 nitrogen and oxygen atoms in total. The predicted molar refractivity (Wildman–Crippen MR) is 253 cm³/mol. The first-order chi connectivity index (χ1) is 32.0. The highest BCUT2D eigenvalue weighted by Crippen LogP contribution is 2.44. The summed E-state index contributed by atoms with van der Waals surface area (Å²) in [5, 5.41) is 19.8. The summed E-state index contributed by atoms with van der Waals surface area (Å²) >= 11 is 0. The number of unbranched alkanes of at least 4 members (excludes halogenated alkanes) is 1. The third-order valence-corrected chi connectivity index (χ3v) is 12.5. The maximum atomic E-state index is 12.3. The van der Waals surface area contributed by atoms with Crippen LogP contribution in [0.2, 0.25) is 0 Å². The Balaban J connectivity index is 1.10. The Morgan fingerprint density at radius 2 is 1.12 bits per heavy atom. The van der Waals surface area contributed by atoms with E-state index in [-0.39, 0.29) is 6.61 Å². The normalized spacial score (nSPS) is 17.5. The molecule has 8 aromatic rings. The molecule has 3 N–H and O–H groups in total. The third kappa shape index (κ3) is 8.35. The van der Waals surface area contributed by atoms with E-state index >= 15 is 0 Å². The van der Waals surface area contributed by atoms with Gasteiger partial charge in [0.1, 0.15) is 41.2 Å². The Morgan fingerprint density at radius 3 is 1.65 bits per heavy atom. The minimum Gasteiger partial charge on any atom is -0.497 e. The van der Waals surface area contributed by atoms with Crippen molar-refractivity contribution in [1.82, 2.24) is 24.8 Å². The summed E-state index contributed by atoms with van der Waals surface area (Å²) < 4.78 is 27.2. The van der Waals surface area contributed by atoms with E-state index in [9.17, 15) is 5.11 Å². The fourth-order valence-corrected chi connectivity index (χ4v) is 9.16. The van der Waals surface area contributed by atoms with Crippen molar-refractivity contribution >= 4 is 17.0 Å². The summed E-state index contributed by atoms with van der Waals surface area (Å²) in [7, 11) is 3.33. The molecule has 0 saturated carbocycles. The molecule has 0 aliphatic carbocycles. The monoisotopic (exact) mass is 866 g/mol. The highest BCUT2D eigenvalue weighted by atomic mass is 16.6.